The molecule has 1 aliphatic carbocycles. The lowest BCUT2D eigenvalue weighted by atomic mass is 9.78. The third-order valence-corrected chi connectivity index (χ3v) is 3.41. The van der Waals surface area contributed by atoms with Gasteiger partial charge in [0, 0.05) is 23.6 Å². The van der Waals surface area contributed by atoms with Crippen LogP contribution in [0.5, 0.6) is 0 Å². The van der Waals surface area contributed by atoms with Crippen LogP contribution < -0.4 is 5.73 Å². The number of pyridine rings is 1. The van der Waals surface area contributed by atoms with E-state index in [4.69, 9.17) is 5.73 Å². The molecule has 1 heterocycles. The maximum absolute atomic E-state index is 10.4. The number of rotatable bonds is 2. The van der Waals surface area contributed by atoms with E-state index in [1.807, 2.05) is 0 Å². The second-order valence-corrected chi connectivity index (χ2v) is 4.57. The summed E-state index contributed by atoms with van der Waals surface area (Å²) in [5, 5.41) is 20.6. The zero-order valence-electron chi connectivity index (χ0n) is 9.26. The molecular formula is C12H18N2O2. The fourth-order valence-corrected chi connectivity index (χ4v) is 2.37. The molecule has 4 N–H and O–H groups in total. The molecule has 0 aliphatic heterocycles. The first kappa shape index (κ1) is 11.4. The first-order chi connectivity index (χ1) is 7.63. The van der Waals surface area contributed by atoms with Crippen molar-refractivity contribution in [2.45, 2.75) is 43.8 Å². The molecule has 0 spiro atoms. The summed E-state index contributed by atoms with van der Waals surface area (Å²) in [7, 11) is 0. The van der Waals surface area contributed by atoms with Crippen molar-refractivity contribution in [3.05, 3.63) is 24.0 Å². The zero-order chi connectivity index (χ0) is 11.6. The van der Waals surface area contributed by atoms with Crippen molar-refractivity contribution in [3.63, 3.8) is 0 Å². The van der Waals surface area contributed by atoms with Gasteiger partial charge < -0.3 is 15.9 Å². The number of aromatic nitrogens is 1. The average molecular weight is 222 g/mol. The molecule has 88 valence electrons. The number of hydrogen-bond donors (Lipinski definition) is 3. The van der Waals surface area contributed by atoms with Crippen LogP contribution >= 0.6 is 0 Å². The van der Waals surface area contributed by atoms with E-state index in [0.717, 1.165) is 19.3 Å². The molecular weight excluding hydrogens is 204 g/mol. The SMILES string of the molecule is Nc1ccncc1C(O)C1(O)CCCCC1. The molecule has 1 fully saturated rings. The van der Waals surface area contributed by atoms with Gasteiger partial charge in [0.1, 0.15) is 6.10 Å². The summed E-state index contributed by atoms with van der Waals surface area (Å²) in [4.78, 5) is 3.94. The Morgan fingerprint density at radius 3 is 2.62 bits per heavy atom. The van der Waals surface area contributed by atoms with Gasteiger partial charge in [-0.1, -0.05) is 19.3 Å². The molecule has 0 amide bonds. The molecule has 2 rings (SSSR count). The number of nitrogens with zero attached hydrogens (tertiary/aromatic N) is 1. The largest absolute Gasteiger partial charge is 0.398 e. The van der Waals surface area contributed by atoms with Gasteiger partial charge >= 0.3 is 0 Å². The van der Waals surface area contributed by atoms with E-state index in [0.29, 0.717) is 24.1 Å². The fraction of sp³-hybridized carbons (Fsp3) is 0.583. The lowest BCUT2D eigenvalue weighted by molar-refractivity contribution is -0.0989. The molecule has 4 heteroatoms. The van der Waals surface area contributed by atoms with Crippen molar-refractivity contribution in [1.29, 1.82) is 0 Å². The standard InChI is InChI=1S/C12H18N2O2/c13-10-4-7-14-8-9(10)11(15)12(16)5-2-1-3-6-12/h4,7-8,11,15-16H,1-3,5-6H2,(H2,13,14). The van der Waals surface area contributed by atoms with Crippen LogP contribution in [0.2, 0.25) is 0 Å². The summed E-state index contributed by atoms with van der Waals surface area (Å²) >= 11 is 0. The Balaban J connectivity index is 2.24. The summed E-state index contributed by atoms with van der Waals surface area (Å²) in [6.45, 7) is 0. The van der Waals surface area contributed by atoms with Crippen LogP contribution in [0.3, 0.4) is 0 Å². The number of nitrogens with two attached hydrogens (primary N) is 1. The van der Waals surface area contributed by atoms with Crippen LogP contribution in [0.25, 0.3) is 0 Å². The van der Waals surface area contributed by atoms with Gasteiger partial charge in [0.05, 0.1) is 5.60 Å². The van der Waals surface area contributed by atoms with Crippen LogP contribution in [0.15, 0.2) is 18.5 Å². The normalized spacial score (nSPS) is 21.6. The first-order valence-electron chi connectivity index (χ1n) is 5.73. The first-order valence-corrected chi connectivity index (χ1v) is 5.73. The van der Waals surface area contributed by atoms with E-state index in [9.17, 15) is 10.2 Å². The highest BCUT2D eigenvalue weighted by atomic mass is 16.3. The summed E-state index contributed by atoms with van der Waals surface area (Å²) < 4.78 is 0. The van der Waals surface area contributed by atoms with Gasteiger partial charge in [0.15, 0.2) is 0 Å². The lowest BCUT2D eigenvalue weighted by Gasteiger charge is -2.36. The number of hydrogen-bond acceptors (Lipinski definition) is 4. The fourth-order valence-electron chi connectivity index (χ4n) is 2.37. The number of nitrogen functional groups attached to an aromatic ring is 1. The molecule has 0 aromatic carbocycles. The van der Waals surface area contributed by atoms with Crippen LogP contribution in [-0.4, -0.2) is 20.8 Å². The molecule has 4 nitrogen and oxygen atoms in total. The summed E-state index contributed by atoms with van der Waals surface area (Å²) in [6, 6.07) is 1.64. The minimum atomic E-state index is -1.03. The summed E-state index contributed by atoms with van der Waals surface area (Å²) in [6.07, 6.45) is 6.47. The molecule has 0 radical (unpaired) electrons. The van der Waals surface area contributed by atoms with E-state index in [2.05, 4.69) is 4.98 Å². The number of anilines is 1. The Morgan fingerprint density at radius 1 is 1.31 bits per heavy atom. The van der Waals surface area contributed by atoms with Crippen molar-refractivity contribution in [3.8, 4) is 0 Å². The molecule has 1 aliphatic rings. The Morgan fingerprint density at radius 2 is 2.00 bits per heavy atom. The van der Waals surface area contributed by atoms with Gasteiger partial charge in [-0.3, -0.25) is 4.98 Å². The molecule has 1 aromatic heterocycles. The predicted octanol–water partition coefficient (Wildman–Crippen LogP) is 1.39. The highest BCUT2D eigenvalue weighted by Crippen LogP contribution is 2.39. The molecule has 0 bridgehead atoms. The van der Waals surface area contributed by atoms with Gasteiger partial charge in [0.25, 0.3) is 0 Å². The molecule has 1 atom stereocenters. The molecule has 1 unspecified atom stereocenters. The highest BCUT2D eigenvalue weighted by Gasteiger charge is 2.38. The van der Waals surface area contributed by atoms with E-state index in [1.165, 1.54) is 6.20 Å². The van der Waals surface area contributed by atoms with Crippen LogP contribution in [-0.2, 0) is 0 Å². The highest BCUT2D eigenvalue weighted by molar-refractivity contribution is 5.46. The summed E-state index contributed by atoms with van der Waals surface area (Å²) in [5.74, 6) is 0. The Labute approximate surface area is 95.1 Å². The van der Waals surface area contributed by atoms with Crippen LogP contribution in [0.4, 0.5) is 5.69 Å². The van der Waals surface area contributed by atoms with Gasteiger partial charge in [-0.25, -0.2) is 0 Å². The van der Waals surface area contributed by atoms with Crippen LogP contribution in [0.1, 0.15) is 43.8 Å². The van der Waals surface area contributed by atoms with Crippen molar-refractivity contribution >= 4 is 5.69 Å². The monoisotopic (exact) mass is 222 g/mol. The minimum absolute atomic E-state index is 0.487. The van der Waals surface area contributed by atoms with Gasteiger partial charge in [-0.2, -0.15) is 0 Å². The molecule has 0 saturated heterocycles. The molecule has 1 aromatic rings. The van der Waals surface area contributed by atoms with Crippen LogP contribution in [0, 0.1) is 0 Å². The van der Waals surface area contributed by atoms with E-state index < -0.39 is 11.7 Å². The molecule has 1 saturated carbocycles. The predicted molar refractivity (Wildman–Crippen MR) is 61.6 cm³/mol. The smallest absolute Gasteiger partial charge is 0.111 e. The van der Waals surface area contributed by atoms with Gasteiger partial charge in [0.2, 0.25) is 0 Å². The van der Waals surface area contributed by atoms with Crippen molar-refractivity contribution < 1.29 is 10.2 Å². The van der Waals surface area contributed by atoms with E-state index >= 15 is 0 Å². The Bertz CT molecular complexity index is 362. The van der Waals surface area contributed by atoms with Gasteiger partial charge in [-0.15, -0.1) is 0 Å². The van der Waals surface area contributed by atoms with Crippen molar-refractivity contribution in [1.82, 2.24) is 4.98 Å². The van der Waals surface area contributed by atoms with Crippen molar-refractivity contribution in [2.75, 3.05) is 5.73 Å². The topological polar surface area (TPSA) is 79.4 Å². The average Bonchev–Trinajstić information content (AvgIpc) is 2.30. The Hall–Kier alpha value is -1.13. The van der Waals surface area contributed by atoms with E-state index in [1.54, 1.807) is 12.3 Å². The maximum atomic E-state index is 10.4. The lowest BCUT2D eigenvalue weighted by Crippen LogP contribution is -2.38. The zero-order valence-corrected chi connectivity index (χ0v) is 9.26. The maximum Gasteiger partial charge on any atom is 0.111 e. The minimum Gasteiger partial charge on any atom is -0.398 e. The van der Waals surface area contributed by atoms with Gasteiger partial charge in [-0.05, 0) is 18.9 Å². The summed E-state index contributed by atoms with van der Waals surface area (Å²) in [5.41, 5.74) is 5.77. The number of aliphatic hydroxyl groups is 2. The van der Waals surface area contributed by atoms with Crippen molar-refractivity contribution in [2.24, 2.45) is 0 Å². The second kappa shape index (κ2) is 4.39. The number of aliphatic hydroxyl groups excluding tert-OH is 1. The second-order valence-electron chi connectivity index (χ2n) is 4.57. The third kappa shape index (κ3) is 2.03. The third-order valence-electron chi connectivity index (χ3n) is 3.41. The molecule has 16 heavy (non-hydrogen) atoms. The Kier molecular flexibility index (Phi) is 3.12. The van der Waals surface area contributed by atoms with E-state index in [-0.39, 0.29) is 0 Å². The quantitative estimate of drug-likeness (QED) is 0.706.